The van der Waals surface area contributed by atoms with Gasteiger partial charge in [0.25, 0.3) is 10.1 Å². The Kier molecular flexibility index (Phi) is 27.3. The fourth-order valence-electron chi connectivity index (χ4n) is 10.3. The van der Waals surface area contributed by atoms with Gasteiger partial charge in [0.1, 0.15) is 81.9 Å². The van der Waals surface area contributed by atoms with Crippen LogP contribution in [0.15, 0.2) is 17.0 Å². The number of hydrogen-bond acceptors (Lipinski definition) is 34. The number of ether oxygens (including phenoxy) is 19. The summed E-state index contributed by atoms with van der Waals surface area (Å²) in [6, 6.07) is 3.12. The molecular weight excluding hydrogens is 1260 g/mol. The average Bonchev–Trinajstić information content (AvgIpc) is 1.61. The Bertz CT molecular complexity index is 2980. The van der Waals surface area contributed by atoms with E-state index in [2.05, 4.69) is 0 Å². The van der Waals surface area contributed by atoms with Crippen molar-refractivity contribution in [2.24, 2.45) is 0 Å². The smallest absolute Gasteiger partial charge is 0.303 e. The molecule has 0 bridgehead atoms. The van der Waals surface area contributed by atoms with Gasteiger partial charge in [-0.05, 0) is 31.9 Å². The average molecular weight is 1340 g/mol. The largest absolute Gasteiger partial charge is 0.463 e. The predicted molar refractivity (Wildman–Crippen MR) is 294 cm³/mol. The first kappa shape index (κ1) is 75.2. The van der Waals surface area contributed by atoms with Crippen LogP contribution in [0.5, 0.6) is 0 Å². The molecule has 92 heavy (non-hydrogen) atoms. The molecule has 4 aliphatic rings. The third kappa shape index (κ3) is 21.8. The number of benzene rings is 1. The van der Waals surface area contributed by atoms with Crippen molar-refractivity contribution < 1.29 is 160 Å². The molecule has 0 aromatic heterocycles. The minimum absolute atomic E-state index is 0.229. The van der Waals surface area contributed by atoms with Gasteiger partial charge in [-0.2, -0.15) is 8.42 Å². The molecule has 19 atom stereocenters. The summed E-state index contributed by atoms with van der Waals surface area (Å²) in [5.41, 5.74) is 1.15. The van der Waals surface area contributed by atoms with Crippen LogP contribution in [-0.2, 0) is 162 Å². The minimum atomic E-state index is -4.97. The highest BCUT2D eigenvalue weighted by Crippen LogP contribution is 2.44. The zero-order chi connectivity index (χ0) is 68.8. The quantitative estimate of drug-likeness (QED) is 0.0445. The molecule has 0 unspecified atom stereocenters. The van der Waals surface area contributed by atoms with Gasteiger partial charge in [0, 0.05) is 83.1 Å². The molecular formula is C57H76O34S. The summed E-state index contributed by atoms with van der Waals surface area (Å²) in [6.45, 7) is 12.2. The van der Waals surface area contributed by atoms with Gasteiger partial charge >= 0.3 is 71.6 Å². The van der Waals surface area contributed by atoms with Crippen LogP contribution in [0.25, 0.3) is 0 Å². The first-order chi connectivity index (χ1) is 43.0. The van der Waals surface area contributed by atoms with Crippen LogP contribution >= 0.6 is 0 Å². The number of carbonyl (C=O) groups excluding carboxylic acids is 12. The van der Waals surface area contributed by atoms with E-state index in [9.17, 15) is 66.0 Å². The molecule has 4 heterocycles. The molecule has 34 nitrogen and oxygen atoms in total. The van der Waals surface area contributed by atoms with E-state index < -0.39 is 231 Å². The molecule has 4 fully saturated rings. The molecule has 4 saturated heterocycles. The first-order valence-corrected chi connectivity index (χ1v) is 29.8. The zero-order valence-electron chi connectivity index (χ0n) is 52.9. The van der Waals surface area contributed by atoms with Crippen LogP contribution in [0.4, 0.5) is 0 Å². The summed E-state index contributed by atoms with van der Waals surface area (Å²) >= 11 is 0. The Labute approximate surface area is 527 Å². The Morgan fingerprint density at radius 1 is 0.391 bits per heavy atom. The van der Waals surface area contributed by atoms with E-state index in [0.717, 1.165) is 83.1 Å². The number of fused-ring (bicyclic) bond motifs is 1. The van der Waals surface area contributed by atoms with Gasteiger partial charge in [-0.15, -0.1) is 0 Å². The maximum Gasteiger partial charge on any atom is 0.303 e. The summed E-state index contributed by atoms with van der Waals surface area (Å²) < 4.78 is 146. The Morgan fingerprint density at radius 2 is 0.772 bits per heavy atom. The third-order valence-corrected chi connectivity index (χ3v) is 15.1. The van der Waals surface area contributed by atoms with Crippen molar-refractivity contribution in [3.05, 3.63) is 28.8 Å². The lowest BCUT2D eigenvalue weighted by Crippen LogP contribution is -2.66. The van der Waals surface area contributed by atoms with Crippen LogP contribution in [0.3, 0.4) is 0 Å². The van der Waals surface area contributed by atoms with E-state index in [1.54, 1.807) is 19.1 Å². The summed E-state index contributed by atoms with van der Waals surface area (Å²) in [6.07, 6.45) is -34.9. The van der Waals surface area contributed by atoms with Crippen molar-refractivity contribution in [1.29, 1.82) is 0 Å². The number of rotatable bonds is 29. The van der Waals surface area contributed by atoms with Crippen LogP contribution in [-0.4, -0.2) is 230 Å². The summed E-state index contributed by atoms with van der Waals surface area (Å²) in [5, 5.41) is 0. The van der Waals surface area contributed by atoms with Crippen molar-refractivity contribution in [2.45, 2.75) is 225 Å². The van der Waals surface area contributed by atoms with E-state index in [-0.39, 0.29) is 16.0 Å². The maximum absolute atomic E-state index is 14.6. The van der Waals surface area contributed by atoms with Gasteiger partial charge in [0.2, 0.25) is 0 Å². The van der Waals surface area contributed by atoms with Gasteiger partial charge in [-0.1, -0.05) is 17.7 Å². The molecule has 0 radical (unpaired) electrons. The lowest BCUT2D eigenvalue weighted by atomic mass is 9.96. The maximum atomic E-state index is 14.6. The topological polar surface area (TPSA) is 427 Å². The van der Waals surface area contributed by atoms with Crippen molar-refractivity contribution >= 4 is 81.7 Å². The molecule has 0 spiro atoms. The standard InChI is InChI=1S/C57H76O34S/c1-23-16-24(2)54(25(3)17-23)92(70,71)91-53-50(82-36(14)68)45(80-34(12)66)40(20-74-28(6)60)86-57(53)90-47-42(22-76-30(8)62)85-56(52-49(47)87-52)89-46-41(21-75-29(7)61)84-55(51(83-37(15)69)48(46)81-35(13)67)88-44(39(78-32(10)64)19-73-27(5)59)43(79-33(11)65)38(77-31(9)63)18-72-26(4)58/h16-17,38-53,55-57H,18-22H2,1-15H3/t38-,39+,40+,41+,42+,43+,44+,45+,46+,47+,48-,49-,50-,51+,52-,53+,55+,56+,57+/m0/s1. The number of carbonyl (C=O) groups is 12. The Morgan fingerprint density at radius 3 is 1.22 bits per heavy atom. The lowest BCUT2D eigenvalue weighted by Gasteiger charge is -2.48. The molecule has 514 valence electrons. The fourth-order valence-corrected chi connectivity index (χ4v) is 11.8. The number of epoxide rings is 1. The van der Waals surface area contributed by atoms with Gasteiger partial charge < -0.3 is 90.0 Å². The molecule has 0 N–H and O–H groups in total. The normalized spacial score (nSPS) is 27.8. The van der Waals surface area contributed by atoms with Crippen LogP contribution in [0.1, 0.15) is 99.8 Å². The van der Waals surface area contributed by atoms with Gasteiger partial charge in [0.05, 0.1) is 4.90 Å². The highest BCUT2D eigenvalue weighted by molar-refractivity contribution is 7.86. The van der Waals surface area contributed by atoms with E-state index in [1.807, 2.05) is 0 Å². The van der Waals surface area contributed by atoms with Crippen molar-refractivity contribution in [1.82, 2.24) is 0 Å². The predicted octanol–water partition coefficient (Wildman–Crippen LogP) is 0.121. The monoisotopic (exact) mass is 1340 g/mol. The Balaban J connectivity index is 1.65. The molecule has 1 aromatic carbocycles. The number of aryl methyl sites for hydroxylation is 3. The number of esters is 12. The summed E-state index contributed by atoms with van der Waals surface area (Å²) in [5.74, 6) is -12.1. The van der Waals surface area contributed by atoms with Crippen LogP contribution in [0.2, 0.25) is 0 Å². The first-order valence-electron chi connectivity index (χ1n) is 28.4. The highest BCUT2D eigenvalue weighted by atomic mass is 32.2. The van der Waals surface area contributed by atoms with E-state index in [4.69, 9.17) is 94.2 Å². The second kappa shape index (κ2) is 33.4. The summed E-state index contributed by atoms with van der Waals surface area (Å²) in [7, 11) is -4.97. The van der Waals surface area contributed by atoms with Crippen molar-refractivity contribution in [3.8, 4) is 0 Å². The van der Waals surface area contributed by atoms with E-state index in [1.165, 1.54) is 13.8 Å². The fraction of sp³-hybridized carbons (Fsp3) is 0.684. The van der Waals surface area contributed by atoms with Gasteiger partial charge in [-0.25, -0.2) is 0 Å². The molecule has 0 saturated carbocycles. The molecule has 0 amide bonds. The third-order valence-electron chi connectivity index (χ3n) is 13.4. The van der Waals surface area contributed by atoms with Crippen LogP contribution < -0.4 is 0 Å². The molecule has 35 heteroatoms. The SMILES string of the molecule is CC(=O)OC[C@H](OC(C)=O)[C@@H](OC(C)=O)[C@H](O[C@H]1O[C@H](COC(C)=O)[C@@H](O[C@H]2O[C@H](COC(C)=O)[C@@H](O[C@H]3O[C@H](COC(C)=O)[C@@H](OC(C)=O)[C@H](OC(C)=O)[C@H]3OS(=O)(=O)c3c(C)cc(C)cc3C)[C@@H]3O[C@H]23)[C@H](OC(C)=O)[C@H]1OC(C)=O)[C@@H](COC(C)=O)OC(C)=O. The molecule has 5 rings (SSSR count). The second-order valence-electron chi connectivity index (χ2n) is 21.4. The minimum Gasteiger partial charge on any atom is -0.463 e. The van der Waals surface area contributed by atoms with E-state index >= 15 is 0 Å². The van der Waals surface area contributed by atoms with Crippen molar-refractivity contribution in [2.75, 3.05) is 33.0 Å². The van der Waals surface area contributed by atoms with Crippen LogP contribution in [0, 0.1) is 20.8 Å². The number of hydrogen-bond donors (Lipinski definition) is 0. The van der Waals surface area contributed by atoms with Crippen molar-refractivity contribution in [3.63, 3.8) is 0 Å². The van der Waals surface area contributed by atoms with Gasteiger partial charge in [-0.3, -0.25) is 61.7 Å². The van der Waals surface area contributed by atoms with E-state index in [0.29, 0.717) is 5.56 Å². The zero-order valence-corrected chi connectivity index (χ0v) is 53.8. The highest BCUT2D eigenvalue weighted by Gasteiger charge is 2.64. The second-order valence-corrected chi connectivity index (χ2v) is 22.9. The van der Waals surface area contributed by atoms with Gasteiger partial charge in [0.15, 0.2) is 67.7 Å². The molecule has 1 aromatic rings. The molecule has 4 aliphatic heterocycles. The Hall–Kier alpha value is -7.51. The summed E-state index contributed by atoms with van der Waals surface area (Å²) in [4.78, 5) is 152. The molecule has 0 aliphatic carbocycles. The lowest BCUT2D eigenvalue weighted by molar-refractivity contribution is -0.357.